The molecule has 4 heterocycles. The lowest BCUT2D eigenvalue weighted by molar-refractivity contribution is -0.131. The van der Waals surface area contributed by atoms with Crippen LogP contribution in [0.2, 0.25) is 0 Å². The molecule has 2 amide bonds. The average molecular weight is 448 g/mol. The topological polar surface area (TPSA) is 125 Å². The van der Waals surface area contributed by atoms with E-state index in [0.717, 1.165) is 29.3 Å². The number of fused-ring (bicyclic) bond motifs is 3. The second-order valence-corrected chi connectivity index (χ2v) is 8.11. The van der Waals surface area contributed by atoms with Gasteiger partial charge < -0.3 is 24.9 Å². The van der Waals surface area contributed by atoms with Crippen molar-refractivity contribution in [1.82, 2.24) is 29.7 Å². The number of carbonyl (C=O) groups excluding carboxylic acids is 2. The number of H-pyrrole nitrogens is 2. The zero-order valence-electron chi connectivity index (χ0n) is 17.9. The van der Waals surface area contributed by atoms with E-state index < -0.39 is 6.09 Å². The number of benzene rings is 1. The molecular formula is C23H24N6O4. The molecule has 1 atom stereocenters. The van der Waals surface area contributed by atoms with E-state index in [9.17, 15) is 14.4 Å². The fraction of sp³-hybridized carbons (Fsp3) is 0.304. The quantitative estimate of drug-likeness (QED) is 0.432. The van der Waals surface area contributed by atoms with Crippen LogP contribution in [0.4, 0.5) is 4.79 Å². The Kier molecular flexibility index (Phi) is 5.55. The summed E-state index contributed by atoms with van der Waals surface area (Å²) >= 11 is 0. The van der Waals surface area contributed by atoms with E-state index in [1.807, 2.05) is 36.4 Å². The smallest absolute Gasteiger partial charge is 0.407 e. The summed E-state index contributed by atoms with van der Waals surface area (Å²) in [7, 11) is 0. The van der Waals surface area contributed by atoms with E-state index in [1.165, 1.54) is 0 Å². The van der Waals surface area contributed by atoms with Gasteiger partial charge in [0.1, 0.15) is 18.8 Å². The van der Waals surface area contributed by atoms with Gasteiger partial charge in [-0.1, -0.05) is 30.3 Å². The molecule has 0 unspecified atom stereocenters. The Bertz CT molecular complexity index is 1360. The number of nitrogens with one attached hydrogen (secondary N) is 3. The first-order valence-electron chi connectivity index (χ1n) is 10.9. The van der Waals surface area contributed by atoms with Crippen LogP contribution in [-0.4, -0.2) is 56.1 Å². The SMILES string of the molecule is O=C(NCC(=O)N1CCC[C@@H](n2c(=O)[nH]c3cnc4[nH]ccc4c32)C1)OCc1ccccc1. The number of nitrogens with zero attached hydrogens (tertiary/aromatic N) is 3. The number of hydrogen-bond acceptors (Lipinski definition) is 5. The van der Waals surface area contributed by atoms with Gasteiger partial charge in [0, 0.05) is 24.7 Å². The van der Waals surface area contributed by atoms with Gasteiger partial charge in [-0.15, -0.1) is 0 Å². The molecule has 0 saturated carbocycles. The molecule has 1 aliphatic heterocycles. The molecule has 1 saturated heterocycles. The Morgan fingerprint density at radius 3 is 2.91 bits per heavy atom. The molecule has 10 nitrogen and oxygen atoms in total. The van der Waals surface area contributed by atoms with Gasteiger partial charge in [-0.3, -0.25) is 9.36 Å². The Hall–Kier alpha value is -4.08. The third kappa shape index (κ3) is 4.19. The molecule has 170 valence electrons. The number of ether oxygens (including phenoxy) is 1. The predicted molar refractivity (Wildman–Crippen MR) is 122 cm³/mol. The van der Waals surface area contributed by atoms with Gasteiger partial charge in [0.05, 0.1) is 23.3 Å². The number of amides is 2. The zero-order valence-corrected chi connectivity index (χ0v) is 17.9. The summed E-state index contributed by atoms with van der Waals surface area (Å²) in [4.78, 5) is 49.5. The number of aromatic nitrogens is 4. The number of hydrogen-bond donors (Lipinski definition) is 3. The van der Waals surface area contributed by atoms with Crippen LogP contribution in [0.1, 0.15) is 24.4 Å². The highest BCUT2D eigenvalue weighted by atomic mass is 16.5. The van der Waals surface area contributed by atoms with Crippen molar-refractivity contribution in [3.05, 3.63) is 64.8 Å². The molecule has 4 aromatic rings. The highest BCUT2D eigenvalue weighted by molar-refractivity contribution is 6.01. The van der Waals surface area contributed by atoms with E-state index in [2.05, 4.69) is 20.3 Å². The molecule has 3 N–H and O–H groups in total. The Labute approximate surface area is 188 Å². The normalized spacial score (nSPS) is 16.2. The van der Waals surface area contributed by atoms with Crippen LogP contribution in [0.5, 0.6) is 0 Å². The summed E-state index contributed by atoms with van der Waals surface area (Å²) < 4.78 is 6.89. The van der Waals surface area contributed by atoms with Gasteiger partial charge in [-0.2, -0.15) is 0 Å². The molecule has 1 fully saturated rings. The van der Waals surface area contributed by atoms with E-state index in [4.69, 9.17) is 4.74 Å². The molecule has 10 heteroatoms. The van der Waals surface area contributed by atoms with Crippen LogP contribution in [0.15, 0.2) is 53.6 Å². The lowest BCUT2D eigenvalue weighted by Gasteiger charge is -2.33. The minimum atomic E-state index is -0.643. The summed E-state index contributed by atoms with van der Waals surface area (Å²) in [5.41, 5.74) is 2.81. The lowest BCUT2D eigenvalue weighted by Crippen LogP contribution is -2.46. The fourth-order valence-electron chi connectivity index (χ4n) is 4.40. The highest BCUT2D eigenvalue weighted by Gasteiger charge is 2.28. The maximum absolute atomic E-state index is 12.8. The fourth-order valence-corrected chi connectivity index (χ4v) is 4.40. The van der Waals surface area contributed by atoms with E-state index in [0.29, 0.717) is 24.3 Å². The molecule has 1 aromatic carbocycles. The van der Waals surface area contributed by atoms with Gasteiger partial charge >= 0.3 is 11.8 Å². The third-order valence-corrected chi connectivity index (χ3v) is 5.97. The zero-order chi connectivity index (χ0) is 22.8. The predicted octanol–water partition coefficient (Wildman–Crippen LogP) is 2.30. The van der Waals surface area contributed by atoms with Crippen molar-refractivity contribution >= 4 is 34.1 Å². The summed E-state index contributed by atoms with van der Waals surface area (Å²) in [6.07, 6.45) is 4.32. The summed E-state index contributed by atoms with van der Waals surface area (Å²) in [5.74, 6) is -0.210. The minimum Gasteiger partial charge on any atom is -0.445 e. The standard InChI is InChI=1S/C23H24N6O4/c30-19(12-26-23(32)33-14-15-5-2-1-3-6-15)28-10-4-7-16(13-28)29-20-17-8-9-24-21(17)25-11-18(20)27-22(29)31/h1-3,5-6,8-9,11,16H,4,7,10,12-14H2,(H,24,25)(H,26,32)(H,27,31)/t16-/m1/s1. The molecular weight excluding hydrogens is 424 g/mol. The lowest BCUT2D eigenvalue weighted by atomic mass is 10.0. The molecule has 0 bridgehead atoms. The Morgan fingerprint density at radius 2 is 2.06 bits per heavy atom. The van der Waals surface area contributed by atoms with Crippen molar-refractivity contribution in [1.29, 1.82) is 0 Å². The number of likely N-dealkylation sites (tertiary alicyclic amines) is 1. The highest BCUT2D eigenvalue weighted by Crippen LogP contribution is 2.27. The van der Waals surface area contributed by atoms with Crippen LogP contribution in [0, 0.1) is 0 Å². The van der Waals surface area contributed by atoms with E-state index in [-0.39, 0.29) is 30.8 Å². The summed E-state index contributed by atoms with van der Waals surface area (Å²) in [5, 5.41) is 3.38. The maximum atomic E-state index is 12.8. The van der Waals surface area contributed by atoms with Crippen LogP contribution in [0.25, 0.3) is 22.1 Å². The van der Waals surface area contributed by atoms with Crippen molar-refractivity contribution in [2.24, 2.45) is 0 Å². The first kappa shape index (κ1) is 20.8. The number of alkyl carbamates (subject to hydrolysis) is 1. The van der Waals surface area contributed by atoms with Crippen LogP contribution in [0.3, 0.4) is 0 Å². The monoisotopic (exact) mass is 448 g/mol. The largest absolute Gasteiger partial charge is 0.445 e. The number of pyridine rings is 1. The number of piperidine rings is 1. The number of aromatic amines is 2. The van der Waals surface area contributed by atoms with Crippen molar-refractivity contribution in [2.75, 3.05) is 19.6 Å². The molecule has 0 aliphatic carbocycles. The van der Waals surface area contributed by atoms with Gasteiger partial charge in [-0.05, 0) is 24.5 Å². The first-order chi connectivity index (χ1) is 16.1. The Balaban J connectivity index is 1.24. The number of imidazole rings is 1. The van der Waals surface area contributed by atoms with E-state index in [1.54, 1.807) is 21.9 Å². The Morgan fingerprint density at radius 1 is 1.21 bits per heavy atom. The van der Waals surface area contributed by atoms with E-state index >= 15 is 0 Å². The molecule has 1 aliphatic rings. The average Bonchev–Trinajstić information content (AvgIpc) is 3.45. The second kappa shape index (κ2) is 8.81. The minimum absolute atomic E-state index is 0.138. The van der Waals surface area contributed by atoms with Crippen LogP contribution < -0.4 is 11.0 Å². The molecule has 5 rings (SSSR count). The van der Waals surface area contributed by atoms with Crippen molar-refractivity contribution < 1.29 is 14.3 Å². The van der Waals surface area contributed by atoms with Gasteiger partial charge in [0.2, 0.25) is 5.91 Å². The second-order valence-electron chi connectivity index (χ2n) is 8.11. The molecule has 0 radical (unpaired) electrons. The van der Waals surface area contributed by atoms with Gasteiger partial charge in [0.15, 0.2) is 0 Å². The van der Waals surface area contributed by atoms with Crippen molar-refractivity contribution in [3.63, 3.8) is 0 Å². The number of rotatable bonds is 5. The third-order valence-electron chi connectivity index (χ3n) is 5.97. The molecule has 0 spiro atoms. The molecule has 33 heavy (non-hydrogen) atoms. The maximum Gasteiger partial charge on any atom is 0.407 e. The van der Waals surface area contributed by atoms with Crippen LogP contribution >= 0.6 is 0 Å². The summed E-state index contributed by atoms with van der Waals surface area (Å²) in [6.45, 7) is 0.947. The van der Waals surface area contributed by atoms with Gasteiger partial charge in [0.25, 0.3) is 0 Å². The van der Waals surface area contributed by atoms with Gasteiger partial charge in [-0.25, -0.2) is 14.6 Å². The number of carbonyl (C=O) groups is 2. The van der Waals surface area contributed by atoms with Crippen LogP contribution in [-0.2, 0) is 16.1 Å². The van der Waals surface area contributed by atoms with Crippen molar-refractivity contribution in [2.45, 2.75) is 25.5 Å². The first-order valence-corrected chi connectivity index (χ1v) is 10.9. The summed E-state index contributed by atoms with van der Waals surface area (Å²) in [6, 6.07) is 11.1. The van der Waals surface area contributed by atoms with Crippen molar-refractivity contribution in [3.8, 4) is 0 Å². The molecule has 3 aromatic heterocycles.